The molecule has 0 radical (unpaired) electrons. The molecule has 0 aliphatic carbocycles. The smallest absolute Gasteiger partial charge is 0.220 e. The Morgan fingerprint density at radius 3 is 1.15 bits per heavy atom. The number of hydrogen-bond acceptors (Lipinski definition) is 18. The molecular formula is C65H121NO18. The Labute approximate surface area is 505 Å². The number of hydrogen-bond donors (Lipinski definition) is 12. The van der Waals surface area contributed by atoms with Crippen LogP contribution >= 0.6 is 0 Å². The maximum absolute atomic E-state index is 13.3. The summed E-state index contributed by atoms with van der Waals surface area (Å²) in [6, 6.07) is -0.975. The number of unbranched alkanes of at least 4 members (excludes halogenated alkanes) is 33. The lowest BCUT2D eigenvalue weighted by Crippen LogP contribution is -2.66. The Kier molecular flexibility index (Phi) is 43.9. The zero-order chi connectivity index (χ0) is 61.2. The van der Waals surface area contributed by atoms with Gasteiger partial charge in [-0.3, -0.25) is 4.79 Å². The van der Waals surface area contributed by atoms with Crippen molar-refractivity contribution in [3.05, 3.63) is 24.3 Å². The quantitative estimate of drug-likeness (QED) is 0.0204. The van der Waals surface area contributed by atoms with Gasteiger partial charge in [0.2, 0.25) is 5.91 Å². The minimum absolute atomic E-state index is 0.235. The molecule has 0 bridgehead atoms. The van der Waals surface area contributed by atoms with Crippen LogP contribution in [0, 0.1) is 0 Å². The summed E-state index contributed by atoms with van der Waals surface area (Å²) < 4.78 is 34.3. The van der Waals surface area contributed by atoms with Crippen LogP contribution < -0.4 is 5.32 Å². The van der Waals surface area contributed by atoms with Gasteiger partial charge in [0.1, 0.15) is 73.2 Å². The van der Waals surface area contributed by atoms with Gasteiger partial charge < -0.3 is 89.9 Å². The fourth-order valence-corrected chi connectivity index (χ4v) is 11.5. The number of carbonyl (C=O) groups is 1. The van der Waals surface area contributed by atoms with E-state index in [2.05, 4.69) is 31.3 Å². The summed E-state index contributed by atoms with van der Waals surface area (Å²) in [5.41, 5.74) is 0. The van der Waals surface area contributed by atoms with Gasteiger partial charge in [-0.05, 0) is 44.9 Å². The molecule has 0 spiro atoms. The highest BCUT2D eigenvalue weighted by molar-refractivity contribution is 5.76. The van der Waals surface area contributed by atoms with Gasteiger partial charge in [-0.2, -0.15) is 0 Å². The normalized spacial score (nSPS) is 29.3. The highest BCUT2D eigenvalue weighted by atomic mass is 16.8. The zero-order valence-corrected chi connectivity index (χ0v) is 51.9. The molecule has 3 aliphatic rings. The van der Waals surface area contributed by atoms with Crippen molar-refractivity contribution in [2.24, 2.45) is 0 Å². The predicted molar refractivity (Wildman–Crippen MR) is 323 cm³/mol. The van der Waals surface area contributed by atoms with Crippen molar-refractivity contribution in [3.63, 3.8) is 0 Å². The minimum Gasteiger partial charge on any atom is -0.394 e. The number of allylic oxidation sites excluding steroid dienone is 3. The van der Waals surface area contributed by atoms with Crippen LogP contribution in [0.25, 0.3) is 0 Å². The van der Waals surface area contributed by atoms with Crippen molar-refractivity contribution in [3.8, 4) is 0 Å². The third-order valence-corrected chi connectivity index (χ3v) is 17.0. The van der Waals surface area contributed by atoms with E-state index < -0.39 is 124 Å². The van der Waals surface area contributed by atoms with Gasteiger partial charge in [-0.25, -0.2) is 0 Å². The van der Waals surface area contributed by atoms with Crippen LogP contribution in [-0.2, 0) is 33.2 Å². The summed E-state index contributed by atoms with van der Waals surface area (Å²) in [5, 5.41) is 120. The second kappa shape index (κ2) is 48.2. The van der Waals surface area contributed by atoms with E-state index in [4.69, 9.17) is 28.4 Å². The average molecular weight is 1200 g/mol. The van der Waals surface area contributed by atoms with Crippen molar-refractivity contribution in [1.82, 2.24) is 5.32 Å². The molecule has 0 aromatic heterocycles. The highest BCUT2D eigenvalue weighted by Crippen LogP contribution is 2.33. The standard InChI is InChI=1S/C65H121NO18/c1-3-5-7-9-11-13-15-17-19-20-21-22-23-24-25-26-27-28-29-30-32-34-36-38-40-42-49(70)48(66-53(71)43-41-39-37-35-33-31-18-16-14-12-10-8-6-4-2)47-79-63-59(77)56(74)61(51(45-68)81-63)84-65-60(78)57(75)62(52(46-69)82-65)83-64-58(76)55(73)54(72)50(44-67)80-64/h16,18,40,42,48-52,54-65,67-70,72-78H,3-15,17,19-39,41,43-47H2,1-2H3,(H,66,71)/b18-16-,42-40+. The van der Waals surface area contributed by atoms with Crippen molar-refractivity contribution < 1.29 is 89.4 Å². The minimum atomic E-state index is -1.98. The average Bonchev–Trinajstić information content (AvgIpc) is 2.80. The first-order valence-corrected chi connectivity index (χ1v) is 33.6. The summed E-state index contributed by atoms with van der Waals surface area (Å²) in [5.74, 6) is -0.283. The second-order valence-corrected chi connectivity index (χ2v) is 24.3. The fraction of sp³-hybridized carbons (Fsp3) is 0.923. The number of carbonyl (C=O) groups excluding carboxylic acids is 1. The number of ether oxygens (including phenoxy) is 6. The Morgan fingerprint density at radius 2 is 0.750 bits per heavy atom. The summed E-state index contributed by atoms with van der Waals surface area (Å²) in [4.78, 5) is 13.3. The van der Waals surface area contributed by atoms with Crippen molar-refractivity contribution in [2.75, 3.05) is 26.4 Å². The summed E-state index contributed by atoms with van der Waals surface area (Å²) >= 11 is 0. The van der Waals surface area contributed by atoms with Crippen LogP contribution in [-0.4, -0.2) is 193 Å². The fourth-order valence-electron chi connectivity index (χ4n) is 11.5. The third-order valence-electron chi connectivity index (χ3n) is 17.0. The van der Waals surface area contributed by atoms with Crippen LogP contribution in [0.4, 0.5) is 0 Å². The Hall–Kier alpha value is -1.73. The lowest BCUT2D eigenvalue weighted by Gasteiger charge is -2.48. The van der Waals surface area contributed by atoms with E-state index in [9.17, 15) is 61.0 Å². The highest BCUT2D eigenvalue weighted by Gasteiger charge is 2.53. The molecule has 3 rings (SSSR count). The first-order valence-electron chi connectivity index (χ1n) is 33.6. The number of amides is 1. The van der Waals surface area contributed by atoms with E-state index in [0.717, 1.165) is 64.2 Å². The number of rotatable bonds is 51. The molecule has 0 aromatic rings. The molecule has 3 aliphatic heterocycles. The van der Waals surface area contributed by atoms with Crippen molar-refractivity contribution in [1.29, 1.82) is 0 Å². The van der Waals surface area contributed by atoms with E-state index in [0.29, 0.717) is 6.42 Å². The molecule has 1 amide bonds. The molecule has 0 saturated carbocycles. The van der Waals surface area contributed by atoms with E-state index in [1.165, 1.54) is 161 Å². The van der Waals surface area contributed by atoms with Crippen molar-refractivity contribution >= 4 is 5.91 Å². The van der Waals surface area contributed by atoms with Crippen LogP contribution in [0.1, 0.15) is 251 Å². The summed E-state index contributed by atoms with van der Waals surface area (Å²) in [6.45, 7) is 1.73. The molecule has 3 saturated heterocycles. The van der Waals surface area contributed by atoms with Crippen LogP contribution in [0.2, 0.25) is 0 Å². The molecule has 19 nitrogen and oxygen atoms in total. The number of nitrogens with one attached hydrogen (secondary N) is 1. The SMILES string of the molecule is CCCCCCC/C=C\CCCCCCCC(=O)NC(COC1OC(CO)C(OC2OC(CO)C(OC3OC(CO)C(O)C(O)C3O)C(O)C2O)C(O)C1O)C(O)/C=C/CCCCCCCCCCCCCCCCCCCCCCCCC. The maximum Gasteiger partial charge on any atom is 0.220 e. The first-order chi connectivity index (χ1) is 40.8. The monoisotopic (exact) mass is 1200 g/mol. The van der Waals surface area contributed by atoms with E-state index >= 15 is 0 Å². The van der Waals surface area contributed by atoms with E-state index in [1.807, 2.05) is 6.08 Å². The van der Waals surface area contributed by atoms with Gasteiger partial charge in [0.25, 0.3) is 0 Å². The zero-order valence-electron chi connectivity index (χ0n) is 51.9. The molecule has 494 valence electrons. The first kappa shape index (κ1) is 76.5. The Balaban J connectivity index is 1.44. The van der Waals surface area contributed by atoms with Gasteiger partial charge >= 0.3 is 0 Å². The molecular weight excluding hydrogens is 1080 g/mol. The van der Waals surface area contributed by atoms with Crippen LogP contribution in [0.3, 0.4) is 0 Å². The molecule has 3 fully saturated rings. The van der Waals surface area contributed by atoms with Gasteiger partial charge in [0.05, 0.1) is 38.6 Å². The van der Waals surface area contributed by atoms with Gasteiger partial charge in [0, 0.05) is 6.42 Å². The molecule has 17 atom stereocenters. The van der Waals surface area contributed by atoms with E-state index in [-0.39, 0.29) is 18.9 Å². The Bertz CT molecular complexity index is 1630. The van der Waals surface area contributed by atoms with Gasteiger partial charge in [0.15, 0.2) is 18.9 Å². The lowest BCUT2D eigenvalue weighted by molar-refractivity contribution is -0.379. The maximum atomic E-state index is 13.3. The Morgan fingerprint density at radius 1 is 0.417 bits per heavy atom. The van der Waals surface area contributed by atoms with Crippen molar-refractivity contribution in [2.45, 2.75) is 356 Å². The lowest BCUT2D eigenvalue weighted by atomic mass is 9.96. The summed E-state index contributed by atoms with van der Waals surface area (Å²) in [6.07, 6.45) is 25.9. The third kappa shape index (κ3) is 30.7. The second-order valence-electron chi connectivity index (χ2n) is 24.3. The number of aliphatic hydroxyl groups is 11. The van der Waals surface area contributed by atoms with E-state index in [1.54, 1.807) is 6.08 Å². The van der Waals surface area contributed by atoms with Crippen LogP contribution in [0.15, 0.2) is 24.3 Å². The molecule has 0 aromatic carbocycles. The molecule has 84 heavy (non-hydrogen) atoms. The predicted octanol–water partition coefficient (Wildman–Crippen LogP) is 7.88. The molecule has 3 heterocycles. The molecule has 19 heteroatoms. The molecule has 17 unspecified atom stereocenters. The largest absolute Gasteiger partial charge is 0.394 e. The molecule has 12 N–H and O–H groups in total. The number of aliphatic hydroxyl groups excluding tert-OH is 11. The van der Waals surface area contributed by atoms with Crippen LogP contribution in [0.5, 0.6) is 0 Å². The van der Waals surface area contributed by atoms with Gasteiger partial charge in [-0.1, -0.05) is 224 Å². The van der Waals surface area contributed by atoms with Gasteiger partial charge in [-0.15, -0.1) is 0 Å². The summed E-state index contributed by atoms with van der Waals surface area (Å²) in [7, 11) is 0. The topological polar surface area (TPSA) is 307 Å².